The average Bonchev–Trinajstić information content (AvgIpc) is 2.47. The van der Waals surface area contributed by atoms with Crippen molar-refractivity contribution >= 4 is 28.4 Å². The van der Waals surface area contributed by atoms with E-state index in [4.69, 9.17) is 0 Å². The lowest BCUT2D eigenvalue weighted by Crippen LogP contribution is -2.31. The van der Waals surface area contributed by atoms with E-state index in [9.17, 15) is 4.79 Å². The molecule has 0 bridgehead atoms. The van der Waals surface area contributed by atoms with Gasteiger partial charge in [0.05, 0.1) is 0 Å². The molecule has 0 heterocycles. The Bertz CT molecular complexity index is 451. The summed E-state index contributed by atoms with van der Waals surface area (Å²) < 4.78 is 1.20. The maximum Gasteiger partial charge on any atom is 0.165 e. The maximum atomic E-state index is 12.6. The predicted octanol–water partition coefficient (Wildman–Crippen LogP) is 5.08. The molecule has 0 N–H and O–H groups in total. The molecule has 2 fully saturated rings. The highest BCUT2D eigenvalue weighted by atomic mass is 127. The number of carbonyl (C=O) groups excluding carboxylic acids is 1. The normalized spacial score (nSPS) is 30.7. The van der Waals surface area contributed by atoms with Crippen LogP contribution in [-0.2, 0) is 0 Å². The third-order valence-electron chi connectivity index (χ3n) is 5.04. The minimum absolute atomic E-state index is 0.291. The van der Waals surface area contributed by atoms with Crippen LogP contribution in [0.2, 0.25) is 0 Å². The predicted molar refractivity (Wildman–Crippen MR) is 86.3 cm³/mol. The lowest BCUT2D eigenvalue weighted by Gasteiger charge is -2.38. The van der Waals surface area contributed by atoms with E-state index in [0.29, 0.717) is 11.7 Å². The number of hydrogen-bond acceptors (Lipinski definition) is 1. The molecule has 2 aliphatic carbocycles. The van der Waals surface area contributed by atoms with E-state index in [2.05, 4.69) is 22.6 Å². The SMILES string of the molecule is O=C(c1ccc(I)cc1)C1CCC2CCCCC2C1. The van der Waals surface area contributed by atoms with Crippen molar-refractivity contribution in [2.24, 2.45) is 17.8 Å². The van der Waals surface area contributed by atoms with E-state index in [-0.39, 0.29) is 0 Å². The molecule has 0 radical (unpaired) electrons. The van der Waals surface area contributed by atoms with Gasteiger partial charge in [0.25, 0.3) is 0 Å². The summed E-state index contributed by atoms with van der Waals surface area (Å²) in [6, 6.07) is 8.08. The van der Waals surface area contributed by atoms with Crippen LogP contribution in [0.1, 0.15) is 55.3 Å². The molecule has 0 aliphatic heterocycles. The van der Waals surface area contributed by atoms with E-state index >= 15 is 0 Å². The minimum Gasteiger partial charge on any atom is -0.294 e. The second-order valence-corrected chi connectivity index (χ2v) is 7.43. The van der Waals surface area contributed by atoms with Crippen LogP contribution in [0.3, 0.4) is 0 Å². The fourth-order valence-corrected chi connectivity index (χ4v) is 4.32. The van der Waals surface area contributed by atoms with Gasteiger partial charge in [0.1, 0.15) is 0 Å². The van der Waals surface area contributed by atoms with Gasteiger partial charge in [-0.15, -0.1) is 0 Å². The summed E-state index contributed by atoms with van der Waals surface area (Å²) >= 11 is 2.29. The van der Waals surface area contributed by atoms with Gasteiger partial charge in [-0.05, 0) is 65.8 Å². The number of rotatable bonds is 2. The zero-order chi connectivity index (χ0) is 13.2. The topological polar surface area (TPSA) is 17.1 Å². The van der Waals surface area contributed by atoms with Crippen LogP contribution in [0, 0.1) is 21.3 Å². The van der Waals surface area contributed by atoms with Crippen LogP contribution in [0.5, 0.6) is 0 Å². The number of Topliss-reactive ketones (excluding diaryl/α,β-unsaturated/α-hetero) is 1. The Morgan fingerprint density at radius 2 is 1.63 bits per heavy atom. The zero-order valence-corrected chi connectivity index (χ0v) is 13.4. The van der Waals surface area contributed by atoms with E-state index in [0.717, 1.165) is 30.2 Å². The second kappa shape index (κ2) is 5.94. The number of hydrogen-bond donors (Lipinski definition) is 0. The van der Waals surface area contributed by atoms with Gasteiger partial charge in [-0.1, -0.05) is 37.8 Å². The smallest absolute Gasteiger partial charge is 0.165 e. The highest BCUT2D eigenvalue weighted by Gasteiger charge is 2.35. The molecule has 3 rings (SSSR count). The summed E-state index contributed by atoms with van der Waals surface area (Å²) in [4.78, 5) is 12.6. The Kier molecular flexibility index (Phi) is 4.25. The summed E-state index contributed by atoms with van der Waals surface area (Å²) in [5, 5.41) is 0. The molecular weight excluding hydrogens is 347 g/mol. The van der Waals surface area contributed by atoms with Crippen molar-refractivity contribution < 1.29 is 4.79 Å². The van der Waals surface area contributed by atoms with Crippen LogP contribution < -0.4 is 0 Å². The molecule has 3 unspecified atom stereocenters. The number of ketones is 1. The molecule has 0 amide bonds. The van der Waals surface area contributed by atoms with Gasteiger partial charge in [-0.2, -0.15) is 0 Å². The number of benzene rings is 1. The van der Waals surface area contributed by atoms with Crippen LogP contribution in [0.4, 0.5) is 0 Å². The zero-order valence-electron chi connectivity index (χ0n) is 11.3. The molecule has 102 valence electrons. The second-order valence-electron chi connectivity index (χ2n) is 6.19. The molecule has 2 heteroatoms. The van der Waals surface area contributed by atoms with Gasteiger partial charge in [-0.3, -0.25) is 4.79 Å². The molecule has 1 aromatic rings. The Morgan fingerprint density at radius 1 is 0.947 bits per heavy atom. The highest BCUT2D eigenvalue weighted by Crippen LogP contribution is 2.43. The monoisotopic (exact) mass is 368 g/mol. The number of halogens is 1. The Hall–Kier alpha value is -0.380. The van der Waals surface area contributed by atoms with Crippen molar-refractivity contribution in [2.75, 3.05) is 0 Å². The first-order valence-corrected chi connectivity index (χ1v) is 8.61. The summed E-state index contributed by atoms with van der Waals surface area (Å²) in [5.74, 6) is 2.44. The molecule has 1 nitrogen and oxygen atoms in total. The largest absolute Gasteiger partial charge is 0.294 e. The molecule has 1 aromatic carbocycles. The third kappa shape index (κ3) is 3.04. The van der Waals surface area contributed by atoms with Crippen molar-refractivity contribution in [1.82, 2.24) is 0 Å². The van der Waals surface area contributed by atoms with Crippen LogP contribution in [-0.4, -0.2) is 5.78 Å². The van der Waals surface area contributed by atoms with Gasteiger partial charge in [0, 0.05) is 15.1 Å². The third-order valence-corrected chi connectivity index (χ3v) is 5.76. The van der Waals surface area contributed by atoms with Gasteiger partial charge in [0.2, 0.25) is 0 Å². The van der Waals surface area contributed by atoms with Gasteiger partial charge >= 0.3 is 0 Å². The molecule has 0 saturated heterocycles. The summed E-state index contributed by atoms with van der Waals surface area (Å²) in [7, 11) is 0. The first-order chi connectivity index (χ1) is 9.24. The van der Waals surface area contributed by atoms with Crippen molar-refractivity contribution in [3.63, 3.8) is 0 Å². The van der Waals surface area contributed by atoms with Crippen molar-refractivity contribution in [3.8, 4) is 0 Å². The first-order valence-electron chi connectivity index (χ1n) is 7.54. The van der Waals surface area contributed by atoms with Crippen LogP contribution in [0.25, 0.3) is 0 Å². The van der Waals surface area contributed by atoms with E-state index < -0.39 is 0 Å². The summed E-state index contributed by atoms with van der Waals surface area (Å²) in [6.45, 7) is 0. The Morgan fingerprint density at radius 3 is 2.37 bits per heavy atom. The van der Waals surface area contributed by atoms with E-state index in [1.54, 1.807) is 0 Å². The van der Waals surface area contributed by atoms with Crippen molar-refractivity contribution in [2.45, 2.75) is 44.9 Å². The standard InChI is InChI=1S/C17H21IO/c18-16-9-7-13(8-10-16)17(19)15-6-5-12-3-1-2-4-14(12)11-15/h7-10,12,14-15H,1-6,11H2. The summed E-state index contributed by atoms with van der Waals surface area (Å²) in [6.07, 6.45) is 9.12. The number of carbonyl (C=O) groups is 1. The highest BCUT2D eigenvalue weighted by molar-refractivity contribution is 14.1. The Balaban J connectivity index is 1.69. The van der Waals surface area contributed by atoms with Gasteiger partial charge in [0.15, 0.2) is 5.78 Å². The number of fused-ring (bicyclic) bond motifs is 1. The van der Waals surface area contributed by atoms with Gasteiger partial charge in [-0.25, -0.2) is 0 Å². The lowest BCUT2D eigenvalue weighted by molar-refractivity contribution is 0.0763. The minimum atomic E-state index is 0.291. The molecule has 2 aliphatic rings. The van der Waals surface area contributed by atoms with Crippen LogP contribution >= 0.6 is 22.6 Å². The van der Waals surface area contributed by atoms with E-state index in [1.165, 1.54) is 35.7 Å². The van der Waals surface area contributed by atoms with E-state index in [1.807, 2.05) is 24.3 Å². The quantitative estimate of drug-likeness (QED) is 0.526. The van der Waals surface area contributed by atoms with Crippen molar-refractivity contribution in [3.05, 3.63) is 33.4 Å². The fraction of sp³-hybridized carbons (Fsp3) is 0.588. The molecule has 19 heavy (non-hydrogen) atoms. The van der Waals surface area contributed by atoms with Crippen molar-refractivity contribution in [1.29, 1.82) is 0 Å². The molecular formula is C17H21IO. The maximum absolute atomic E-state index is 12.6. The fourth-order valence-electron chi connectivity index (χ4n) is 3.96. The van der Waals surface area contributed by atoms with Gasteiger partial charge < -0.3 is 0 Å². The summed E-state index contributed by atoms with van der Waals surface area (Å²) in [5.41, 5.74) is 0.916. The average molecular weight is 368 g/mol. The molecule has 0 aromatic heterocycles. The molecule has 3 atom stereocenters. The van der Waals surface area contributed by atoms with Crippen LogP contribution in [0.15, 0.2) is 24.3 Å². The lowest BCUT2D eigenvalue weighted by atomic mass is 9.66. The first kappa shape index (κ1) is 13.6. The Labute approximate surface area is 129 Å². The molecule has 0 spiro atoms. The molecule has 2 saturated carbocycles.